The molecule has 0 aliphatic rings. The summed E-state index contributed by atoms with van der Waals surface area (Å²) >= 11 is 1.29. The minimum Gasteiger partial charge on any atom is -0.325 e. The van der Waals surface area contributed by atoms with Crippen LogP contribution in [0, 0.1) is 39.0 Å². The normalized spacial score (nSPS) is 10.6. The van der Waals surface area contributed by atoms with Crippen LogP contribution < -0.4 is 5.32 Å². The number of pyridine rings is 1. The van der Waals surface area contributed by atoms with E-state index in [-0.39, 0.29) is 11.7 Å². The summed E-state index contributed by atoms with van der Waals surface area (Å²) in [6, 6.07) is 14.0. The number of hydrogen-bond acceptors (Lipinski definition) is 4. The molecule has 1 N–H and O–H groups in total. The zero-order chi connectivity index (χ0) is 19.6. The molecule has 1 heterocycles. The van der Waals surface area contributed by atoms with Crippen LogP contribution in [0.2, 0.25) is 0 Å². The SMILES string of the molecule is Cc1ccc(C)c(NC(=O)CSc2nc3c(C)c(C)ccc3cc2C#N)c1. The van der Waals surface area contributed by atoms with Crippen molar-refractivity contribution < 1.29 is 4.79 Å². The Morgan fingerprint density at radius 2 is 1.85 bits per heavy atom. The zero-order valence-corrected chi connectivity index (χ0v) is 16.7. The second kappa shape index (κ2) is 7.81. The molecule has 0 unspecified atom stereocenters. The molecule has 136 valence electrons. The number of thioether (sulfide) groups is 1. The lowest BCUT2D eigenvalue weighted by atomic mass is 10.0. The Labute approximate surface area is 163 Å². The van der Waals surface area contributed by atoms with Crippen LogP contribution in [0.5, 0.6) is 0 Å². The first kappa shape index (κ1) is 18.9. The van der Waals surface area contributed by atoms with Gasteiger partial charge in [-0.15, -0.1) is 0 Å². The van der Waals surface area contributed by atoms with Gasteiger partial charge in [0, 0.05) is 11.1 Å². The van der Waals surface area contributed by atoms with Crippen molar-refractivity contribution in [2.75, 3.05) is 11.1 Å². The number of nitriles is 1. The molecular weight excluding hydrogens is 354 g/mol. The molecule has 0 saturated heterocycles. The lowest BCUT2D eigenvalue weighted by Gasteiger charge is -2.11. The van der Waals surface area contributed by atoms with Gasteiger partial charge in [0.25, 0.3) is 0 Å². The number of carbonyl (C=O) groups is 1. The van der Waals surface area contributed by atoms with E-state index in [4.69, 9.17) is 0 Å². The van der Waals surface area contributed by atoms with Gasteiger partial charge in [-0.25, -0.2) is 4.98 Å². The maximum absolute atomic E-state index is 12.4. The molecule has 2 aromatic carbocycles. The van der Waals surface area contributed by atoms with Crippen LogP contribution in [-0.2, 0) is 4.79 Å². The summed E-state index contributed by atoms with van der Waals surface area (Å²) in [5.74, 6) is 0.0891. The van der Waals surface area contributed by atoms with Crippen LogP contribution in [0.1, 0.15) is 27.8 Å². The van der Waals surface area contributed by atoms with Gasteiger partial charge in [-0.2, -0.15) is 5.26 Å². The number of hydrogen-bond donors (Lipinski definition) is 1. The molecule has 0 atom stereocenters. The van der Waals surface area contributed by atoms with Crippen molar-refractivity contribution in [3.63, 3.8) is 0 Å². The average Bonchev–Trinajstić information content (AvgIpc) is 2.65. The van der Waals surface area contributed by atoms with Gasteiger partial charge in [-0.1, -0.05) is 36.0 Å². The lowest BCUT2D eigenvalue weighted by Crippen LogP contribution is -2.15. The first-order valence-electron chi connectivity index (χ1n) is 8.70. The van der Waals surface area contributed by atoms with Crippen LogP contribution in [-0.4, -0.2) is 16.6 Å². The number of anilines is 1. The fraction of sp³-hybridized carbons (Fsp3) is 0.227. The summed E-state index contributed by atoms with van der Waals surface area (Å²) in [7, 11) is 0. The highest BCUT2D eigenvalue weighted by atomic mass is 32.2. The molecule has 0 bridgehead atoms. The fourth-order valence-electron chi connectivity index (χ4n) is 2.85. The van der Waals surface area contributed by atoms with E-state index in [9.17, 15) is 10.1 Å². The molecule has 0 aliphatic carbocycles. The highest BCUT2D eigenvalue weighted by Crippen LogP contribution is 2.28. The molecule has 0 radical (unpaired) electrons. The van der Waals surface area contributed by atoms with Crippen LogP contribution >= 0.6 is 11.8 Å². The molecule has 1 amide bonds. The monoisotopic (exact) mass is 375 g/mol. The molecule has 1 aromatic heterocycles. The summed E-state index contributed by atoms with van der Waals surface area (Å²) in [6.07, 6.45) is 0. The van der Waals surface area contributed by atoms with Gasteiger partial charge >= 0.3 is 0 Å². The number of aryl methyl sites for hydroxylation is 4. The van der Waals surface area contributed by atoms with Crippen molar-refractivity contribution in [2.24, 2.45) is 0 Å². The van der Waals surface area contributed by atoms with Crippen molar-refractivity contribution in [2.45, 2.75) is 32.7 Å². The Kier molecular flexibility index (Phi) is 5.48. The van der Waals surface area contributed by atoms with E-state index in [0.29, 0.717) is 10.6 Å². The fourth-order valence-corrected chi connectivity index (χ4v) is 3.60. The Hall–Kier alpha value is -2.84. The third-order valence-corrected chi connectivity index (χ3v) is 5.60. The largest absolute Gasteiger partial charge is 0.325 e. The summed E-state index contributed by atoms with van der Waals surface area (Å²) < 4.78 is 0. The van der Waals surface area contributed by atoms with E-state index in [0.717, 1.165) is 38.8 Å². The van der Waals surface area contributed by atoms with Crippen molar-refractivity contribution in [3.8, 4) is 6.07 Å². The quantitative estimate of drug-likeness (QED) is 0.647. The Bertz CT molecular complexity index is 1080. The second-order valence-corrected chi connectivity index (χ2v) is 7.65. The van der Waals surface area contributed by atoms with E-state index in [1.54, 1.807) is 0 Å². The molecule has 0 aliphatic heterocycles. The van der Waals surface area contributed by atoms with Crippen molar-refractivity contribution in [1.82, 2.24) is 4.98 Å². The molecule has 27 heavy (non-hydrogen) atoms. The van der Waals surface area contributed by atoms with Crippen LogP contribution in [0.25, 0.3) is 10.9 Å². The van der Waals surface area contributed by atoms with Gasteiger partial charge in [0.1, 0.15) is 11.1 Å². The number of nitrogens with one attached hydrogen (secondary N) is 1. The smallest absolute Gasteiger partial charge is 0.234 e. The molecule has 0 saturated carbocycles. The Morgan fingerprint density at radius 3 is 2.59 bits per heavy atom. The third-order valence-electron chi connectivity index (χ3n) is 4.60. The standard InChI is InChI=1S/C22H21N3OS/c1-13-5-6-15(3)19(9-13)24-20(26)12-27-22-18(11-23)10-17-8-7-14(2)16(4)21(17)25-22/h5-10H,12H2,1-4H3,(H,24,26). The number of benzene rings is 2. The number of amides is 1. The second-order valence-electron chi connectivity index (χ2n) is 6.69. The third kappa shape index (κ3) is 4.12. The summed E-state index contributed by atoms with van der Waals surface area (Å²) in [4.78, 5) is 17.1. The van der Waals surface area contributed by atoms with Gasteiger partial charge in [0.2, 0.25) is 5.91 Å². The minimum absolute atomic E-state index is 0.111. The highest BCUT2D eigenvalue weighted by molar-refractivity contribution is 8.00. The van der Waals surface area contributed by atoms with E-state index in [1.165, 1.54) is 11.8 Å². The van der Waals surface area contributed by atoms with E-state index < -0.39 is 0 Å². The van der Waals surface area contributed by atoms with Gasteiger partial charge in [0.15, 0.2) is 0 Å². The summed E-state index contributed by atoms with van der Waals surface area (Å²) in [5, 5.41) is 13.9. The van der Waals surface area contributed by atoms with Crippen molar-refractivity contribution in [3.05, 3.63) is 64.2 Å². The number of nitrogens with zero attached hydrogens (tertiary/aromatic N) is 2. The molecule has 0 spiro atoms. The number of aromatic nitrogens is 1. The molecule has 3 rings (SSSR count). The van der Waals surface area contributed by atoms with Gasteiger partial charge in [-0.05, 0) is 62.1 Å². The number of fused-ring (bicyclic) bond motifs is 1. The van der Waals surface area contributed by atoms with E-state index in [2.05, 4.69) is 16.4 Å². The maximum atomic E-state index is 12.4. The number of carbonyl (C=O) groups excluding carboxylic acids is 1. The Morgan fingerprint density at radius 1 is 1.11 bits per heavy atom. The molecule has 0 fully saturated rings. The van der Waals surface area contributed by atoms with Gasteiger partial charge < -0.3 is 5.32 Å². The lowest BCUT2D eigenvalue weighted by molar-refractivity contribution is -0.113. The van der Waals surface area contributed by atoms with Crippen molar-refractivity contribution >= 4 is 34.3 Å². The predicted molar refractivity (Wildman–Crippen MR) is 111 cm³/mol. The summed E-state index contributed by atoms with van der Waals surface area (Å²) in [6.45, 7) is 8.02. The van der Waals surface area contributed by atoms with Crippen molar-refractivity contribution in [1.29, 1.82) is 5.26 Å². The minimum atomic E-state index is -0.111. The Balaban J connectivity index is 1.81. The topological polar surface area (TPSA) is 65.8 Å². The summed E-state index contributed by atoms with van der Waals surface area (Å²) in [5.41, 5.74) is 6.56. The van der Waals surface area contributed by atoms with Gasteiger partial charge in [-0.3, -0.25) is 4.79 Å². The first-order chi connectivity index (χ1) is 12.9. The van der Waals surface area contributed by atoms with E-state index in [1.807, 2.05) is 64.1 Å². The molecular formula is C22H21N3OS. The van der Waals surface area contributed by atoms with Crippen LogP contribution in [0.15, 0.2) is 41.4 Å². The zero-order valence-electron chi connectivity index (χ0n) is 15.9. The molecule has 3 aromatic rings. The highest BCUT2D eigenvalue weighted by Gasteiger charge is 2.13. The number of rotatable bonds is 4. The van der Waals surface area contributed by atoms with Crippen LogP contribution in [0.3, 0.4) is 0 Å². The van der Waals surface area contributed by atoms with Crippen LogP contribution in [0.4, 0.5) is 5.69 Å². The van der Waals surface area contributed by atoms with Gasteiger partial charge in [0.05, 0.1) is 16.8 Å². The van der Waals surface area contributed by atoms with E-state index >= 15 is 0 Å². The molecule has 4 nitrogen and oxygen atoms in total. The first-order valence-corrected chi connectivity index (χ1v) is 9.68. The molecule has 5 heteroatoms. The maximum Gasteiger partial charge on any atom is 0.234 e. The predicted octanol–water partition coefficient (Wildman–Crippen LogP) is 5.07. The average molecular weight is 375 g/mol.